The minimum absolute atomic E-state index is 0.202. The van der Waals surface area contributed by atoms with Crippen molar-refractivity contribution in [3.63, 3.8) is 0 Å². The van der Waals surface area contributed by atoms with Crippen LogP contribution in [0.4, 0.5) is 0 Å². The highest BCUT2D eigenvalue weighted by atomic mass is 16.5. The molecule has 7 nitrogen and oxygen atoms in total. The van der Waals surface area contributed by atoms with Crippen LogP contribution in [-0.2, 0) is 24.3 Å². The molecule has 0 fully saturated rings. The summed E-state index contributed by atoms with van der Waals surface area (Å²) in [5, 5.41) is 7.78. The summed E-state index contributed by atoms with van der Waals surface area (Å²) in [5.41, 5.74) is 3.05. The van der Waals surface area contributed by atoms with Crippen LogP contribution in [0.2, 0.25) is 0 Å². The molecule has 1 aliphatic rings. The summed E-state index contributed by atoms with van der Waals surface area (Å²) in [7, 11) is 1.62. The van der Waals surface area contributed by atoms with E-state index in [0.29, 0.717) is 30.9 Å². The van der Waals surface area contributed by atoms with Gasteiger partial charge in [0.05, 0.1) is 19.3 Å². The molecule has 0 spiro atoms. The first-order chi connectivity index (χ1) is 18.0. The first-order valence-corrected chi connectivity index (χ1v) is 12.4. The average molecular weight is 495 g/mol. The van der Waals surface area contributed by atoms with Gasteiger partial charge in [-0.3, -0.25) is 14.3 Å². The van der Waals surface area contributed by atoms with Crippen molar-refractivity contribution in [3.8, 4) is 17.0 Å². The molecule has 37 heavy (non-hydrogen) atoms. The average Bonchev–Trinajstić information content (AvgIpc) is 3.36. The van der Waals surface area contributed by atoms with Crippen molar-refractivity contribution < 1.29 is 14.3 Å². The number of carbonyl (C=O) groups is 2. The Morgan fingerprint density at radius 2 is 1.62 bits per heavy atom. The zero-order chi connectivity index (χ0) is 25.8. The molecule has 5 rings (SSSR count). The largest absolute Gasteiger partial charge is 0.497 e. The zero-order valence-electron chi connectivity index (χ0n) is 21.1. The number of benzene rings is 3. The van der Waals surface area contributed by atoms with Gasteiger partial charge in [0.1, 0.15) is 17.0 Å². The van der Waals surface area contributed by atoms with Crippen molar-refractivity contribution in [3.05, 3.63) is 108 Å². The Morgan fingerprint density at radius 3 is 2.27 bits per heavy atom. The number of hydrogen-bond donors (Lipinski definition) is 1. The minimum atomic E-state index is -1.10. The fraction of sp³-hybridized carbons (Fsp3) is 0.233. The number of carbonyl (C=O) groups excluding carboxylic acids is 2. The Bertz CT molecular complexity index is 1380. The molecule has 4 aromatic rings. The van der Waals surface area contributed by atoms with E-state index in [0.717, 1.165) is 22.4 Å². The molecule has 3 aromatic carbocycles. The number of ether oxygens (including phenoxy) is 1. The monoisotopic (exact) mass is 494 g/mol. The molecule has 2 amide bonds. The second-order valence-electron chi connectivity index (χ2n) is 9.44. The lowest BCUT2D eigenvalue weighted by atomic mass is 9.94. The molecule has 1 aliphatic heterocycles. The smallest absolute Gasteiger partial charge is 0.273 e. The van der Waals surface area contributed by atoms with E-state index in [1.807, 2.05) is 91.9 Å². The van der Waals surface area contributed by atoms with Crippen LogP contribution in [0.15, 0.2) is 91.0 Å². The van der Waals surface area contributed by atoms with Gasteiger partial charge in [0.25, 0.3) is 5.91 Å². The van der Waals surface area contributed by atoms with Gasteiger partial charge in [-0.25, -0.2) is 0 Å². The number of nitrogens with one attached hydrogen (secondary N) is 1. The summed E-state index contributed by atoms with van der Waals surface area (Å²) >= 11 is 0. The lowest BCUT2D eigenvalue weighted by molar-refractivity contribution is -0.133. The fourth-order valence-corrected chi connectivity index (χ4v) is 4.75. The Hall–Kier alpha value is -4.39. The third-order valence-corrected chi connectivity index (χ3v) is 6.94. The number of nitrogens with zero attached hydrogens (tertiary/aromatic N) is 3. The second-order valence-corrected chi connectivity index (χ2v) is 9.44. The summed E-state index contributed by atoms with van der Waals surface area (Å²) in [5.74, 6) is 0.343. The molecule has 0 saturated heterocycles. The summed E-state index contributed by atoms with van der Waals surface area (Å²) in [6.07, 6.45) is 0.646. The molecule has 7 heteroatoms. The fourth-order valence-electron chi connectivity index (χ4n) is 4.75. The Morgan fingerprint density at radius 1 is 0.973 bits per heavy atom. The third kappa shape index (κ3) is 4.98. The SMILES string of the molecule is COc1ccc(-c2cc3n(n2)C[C@](C)(C(=O)NCc2ccccc2)N(CCc2ccccc2)C3=O)cc1. The van der Waals surface area contributed by atoms with Crippen molar-refractivity contribution in [2.45, 2.75) is 32.0 Å². The Balaban J connectivity index is 1.45. The quantitative estimate of drug-likeness (QED) is 0.396. The molecule has 1 aromatic heterocycles. The van der Waals surface area contributed by atoms with Crippen LogP contribution in [-0.4, -0.2) is 45.7 Å². The number of aromatic nitrogens is 2. The summed E-state index contributed by atoms with van der Waals surface area (Å²) in [6, 6.07) is 29.1. The van der Waals surface area contributed by atoms with E-state index in [9.17, 15) is 9.59 Å². The summed E-state index contributed by atoms with van der Waals surface area (Å²) in [6.45, 7) is 2.90. The van der Waals surface area contributed by atoms with Gasteiger partial charge in [0, 0.05) is 18.7 Å². The maximum atomic E-state index is 13.8. The van der Waals surface area contributed by atoms with Crippen LogP contribution in [0.3, 0.4) is 0 Å². The molecule has 0 unspecified atom stereocenters. The maximum Gasteiger partial charge on any atom is 0.273 e. The lowest BCUT2D eigenvalue weighted by Crippen LogP contribution is -2.64. The third-order valence-electron chi connectivity index (χ3n) is 6.94. The number of amides is 2. The van der Waals surface area contributed by atoms with E-state index in [-0.39, 0.29) is 18.4 Å². The molecular formula is C30H30N4O3. The van der Waals surface area contributed by atoms with Gasteiger partial charge >= 0.3 is 0 Å². The molecule has 188 valence electrons. The molecule has 0 bridgehead atoms. The van der Waals surface area contributed by atoms with E-state index in [2.05, 4.69) is 5.32 Å². The van der Waals surface area contributed by atoms with Gasteiger partial charge in [-0.1, -0.05) is 60.7 Å². The van der Waals surface area contributed by atoms with Crippen LogP contribution in [0.25, 0.3) is 11.3 Å². The van der Waals surface area contributed by atoms with E-state index in [1.165, 1.54) is 0 Å². The highest BCUT2D eigenvalue weighted by Crippen LogP contribution is 2.31. The lowest BCUT2D eigenvalue weighted by Gasteiger charge is -2.43. The van der Waals surface area contributed by atoms with Crippen molar-refractivity contribution in [1.29, 1.82) is 0 Å². The van der Waals surface area contributed by atoms with Crippen molar-refractivity contribution in [2.75, 3.05) is 13.7 Å². The first kappa shape index (κ1) is 24.3. The maximum absolute atomic E-state index is 13.8. The molecule has 2 heterocycles. The van der Waals surface area contributed by atoms with Gasteiger partial charge in [-0.2, -0.15) is 5.10 Å². The van der Waals surface area contributed by atoms with Crippen LogP contribution in [0.1, 0.15) is 28.5 Å². The normalized spacial score (nSPS) is 16.8. The second kappa shape index (κ2) is 10.3. The van der Waals surface area contributed by atoms with E-state index in [1.54, 1.807) is 22.8 Å². The molecule has 0 aliphatic carbocycles. The standard InChI is InChI=1S/C30H30N4O3/c1-30(29(36)31-20-23-11-7-4-8-12-23)21-34-27(19-26(32-34)24-13-15-25(37-2)16-14-24)28(35)33(30)18-17-22-9-5-3-6-10-22/h3-16,19H,17-18,20-21H2,1-2H3,(H,31,36)/t30-/m1/s1. The topological polar surface area (TPSA) is 76.5 Å². The number of fused-ring (bicyclic) bond motifs is 1. The van der Waals surface area contributed by atoms with Crippen molar-refractivity contribution >= 4 is 11.8 Å². The van der Waals surface area contributed by atoms with Crippen LogP contribution in [0.5, 0.6) is 5.75 Å². The minimum Gasteiger partial charge on any atom is -0.497 e. The number of rotatable bonds is 8. The van der Waals surface area contributed by atoms with Gasteiger partial charge in [0.2, 0.25) is 5.91 Å². The van der Waals surface area contributed by atoms with Crippen molar-refractivity contribution in [2.24, 2.45) is 0 Å². The Labute approximate surface area is 216 Å². The highest BCUT2D eigenvalue weighted by Gasteiger charge is 2.47. The Kier molecular flexibility index (Phi) is 6.77. The van der Waals surface area contributed by atoms with Crippen LogP contribution >= 0.6 is 0 Å². The number of methoxy groups -OCH3 is 1. The zero-order valence-corrected chi connectivity index (χ0v) is 21.1. The van der Waals surface area contributed by atoms with Gasteiger partial charge in [0.15, 0.2) is 0 Å². The molecule has 0 saturated carbocycles. The summed E-state index contributed by atoms with van der Waals surface area (Å²) in [4.78, 5) is 29.2. The van der Waals surface area contributed by atoms with E-state index in [4.69, 9.17) is 9.84 Å². The van der Waals surface area contributed by atoms with Crippen molar-refractivity contribution in [1.82, 2.24) is 20.0 Å². The molecule has 1 N–H and O–H groups in total. The summed E-state index contributed by atoms with van der Waals surface area (Å²) < 4.78 is 6.93. The molecule has 1 atom stereocenters. The molecular weight excluding hydrogens is 464 g/mol. The van der Waals surface area contributed by atoms with Crippen LogP contribution in [0, 0.1) is 0 Å². The van der Waals surface area contributed by atoms with Gasteiger partial charge < -0.3 is 15.0 Å². The van der Waals surface area contributed by atoms with Gasteiger partial charge in [-0.05, 0) is 54.8 Å². The van der Waals surface area contributed by atoms with Gasteiger partial charge in [-0.15, -0.1) is 0 Å². The van der Waals surface area contributed by atoms with E-state index < -0.39 is 5.54 Å². The predicted molar refractivity (Wildman–Crippen MR) is 142 cm³/mol. The highest BCUT2D eigenvalue weighted by molar-refractivity contribution is 6.00. The predicted octanol–water partition coefficient (Wildman–Crippen LogP) is 4.33. The molecule has 0 radical (unpaired) electrons. The van der Waals surface area contributed by atoms with E-state index >= 15 is 0 Å². The first-order valence-electron chi connectivity index (χ1n) is 12.4. The van der Waals surface area contributed by atoms with Crippen LogP contribution < -0.4 is 10.1 Å². The number of hydrogen-bond acceptors (Lipinski definition) is 4.